The Morgan fingerprint density at radius 3 is 2.65 bits per heavy atom. The van der Waals surface area contributed by atoms with E-state index in [4.69, 9.17) is 12.2 Å². The molecule has 0 amide bonds. The van der Waals surface area contributed by atoms with E-state index < -0.39 is 0 Å². The van der Waals surface area contributed by atoms with Crippen molar-refractivity contribution in [2.24, 2.45) is 0 Å². The Labute approximate surface area is 120 Å². The van der Waals surface area contributed by atoms with Crippen LogP contribution in [0.4, 0.5) is 4.39 Å². The molecule has 0 aliphatic carbocycles. The van der Waals surface area contributed by atoms with E-state index in [1.54, 1.807) is 12.1 Å². The number of aromatic nitrogens is 4. The van der Waals surface area contributed by atoms with Crippen molar-refractivity contribution < 1.29 is 4.39 Å². The van der Waals surface area contributed by atoms with Crippen molar-refractivity contribution in [3.8, 4) is 0 Å². The fourth-order valence-electron chi connectivity index (χ4n) is 2.40. The molecule has 0 spiro atoms. The van der Waals surface area contributed by atoms with E-state index in [2.05, 4.69) is 10.1 Å². The highest BCUT2D eigenvalue weighted by atomic mass is 32.1. The quantitative estimate of drug-likeness (QED) is 0.751. The number of imidazole rings is 1. The molecule has 0 saturated heterocycles. The topological polar surface area (TPSA) is 38.5 Å². The number of aromatic amines is 1. The molecule has 0 aliphatic rings. The molecule has 1 N–H and O–H groups in total. The minimum Gasteiger partial charge on any atom is -0.328 e. The fourth-order valence-corrected chi connectivity index (χ4v) is 2.65. The van der Waals surface area contributed by atoms with Gasteiger partial charge in [-0.15, -0.1) is 0 Å². The van der Waals surface area contributed by atoms with E-state index in [9.17, 15) is 4.39 Å². The molecule has 104 valence electrons. The first-order chi connectivity index (χ1) is 9.60. The SMILES string of the molecule is CCn1nc(C)c2[nH]c(=S)n(Cc3ccc(F)cc3)c21. The maximum Gasteiger partial charge on any atom is 0.179 e. The van der Waals surface area contributed by atoms with Crippen LogP contribution in [0.5, 0.6) is 0 Å². The second-order valence-corrected chi connectivity index (χ2v) is 5.13. The van der Waals surface area contributed by atoms with Crippen LogP contribution in [-0.4, -0.2) is 19.3 Å². The number of H-pyrrole nitrogens is 1. The van der Waals surface area contributed by atoms with Gasteiger partial charge in [-0.05, 0) is 43.8 Å². The van der Waals surface area contributed by atoms with Gasteiger partial charge < -0.3 is 4.98 Å². The summed E-state index contributed by atoms with van der Waals surface area (Å²) in [6, 6.07) is 6.47. The summed E-state index contributed by atoms with van der Waals surface area (Å²) in [6.45, 7) is 5.39. The average Bonchev–Trinajstić information content (AvgIpc) is 2.91. The van der Waals surface area contributed by atoms with Crippen LogP contribution in [0.1, 0.15) is 18.2 Å². The lowest BCUT2D eigenvalue weighted by molar-refractivity contribution is 0.624. The molecule has 3 rings (SSSR count). The first-order valence-electron chi connectivity index (χ1n) is 6.50. The second kappa shape index (κ2) is 4.86. The van der Waals surface area contributed by atoms with Gasteiger partial charge in [0, 0.05) is 6.54 Å². The van der Waals surface area contributed by atoms with Crippen molar-refractivity contribution in [3.63, 3.8) is 0 Å². The molecule has 0 fully saturated rings. The number of hydrogen-bond acceptors (Lipinski definition) is 2. The summed E-state index contributed by atoms with van der Waals surface area (Å²) in [4.78, 5) is 3.20. The van der Waals surface area contributed by atoms with Gasteiger partial charge in [0.25, 0.3) is 0 Å². The van der Waals surface area contributed by atoms with Crippen LogP contribution >= 0.6 is 12.2 Å². The van der Waals surface area contributed by atoms with Crippen LogP contribution in [0.2, 0.25) is 0 Å². The molecule has 6 heteroatoms. The van der Waals surface area contributed by atoms with E-state index >= 15 is 0 Å². The zero-order valence-electron chi connectivity index (χ0n) is 11.4. The highest BCUT2D eigenvalue weighted by Gasteiger charge is 2.13. The van der Waals surface area contributed by atoms with Crippen molar-refractivity contribution in [3.05, 3.63) is 46.1 Å². The third-order valence-electron chi connectivity index (χ3n) is 3.39. The van der Waals surface area contributed by atoms with Crippen molar-refractivity contribution in [1.82, 2.24) is 19.3 Å². The summed E-state index contributed by atoms with van der Waals surface area (Å²) < 4.78 is 17.6. The summed E-state index contributed by atoms with van der Waals surface area (Å²) in [5.74, 6) is -0.231. The average molecular weight is 290 g/mol. The largest absolute Gasteiger partial charge is 0.328 e. The minimum atomic E-state index is -0.231. The molecule has 0 atom stereocenters. The Morgan fingerprint density at radius 2 is 2.00 bits per heavy atom. The van der Waals surface area contributed by atoms with Gasteiger partial charge in [0.2, 0.25) is 0 Å². The Kier molecular flexibility index (Phi) is 3.17. The van der Waals surface area contributed by atoms with Gasteiger partial charge in [-0.25, -0.2) is 9.07 Å². The zero-order valence-corrected chi connectivity index (χ0v) is 12.2. The molecule has 1 aromatic carbocycles. The summed E-state index contributed by atoms with van der Waals surface area (Å²) in [7, 11) is 0. The number of rotatable bonds is 3. The standard InChI is InChI=1S/C14H15FN4S/c1-3-19-13-12(9(2)17-19)16-14(20)18(13)8-10-4-6-11(15)7-5-10/h4-7H,3,8H2,1-2H3,(H,16,20). The Balaban J connectivity index is 2.13. The number of halogens is 1. The Hall–Kier alpha value is -1.95. The van der Waals surface area contributed by atoms with E-state index in [1.165, 1.54) is 12.1 Å². The Morgan fingerprint density at radius 1 is 1.30 bits per heavy atom. The molecule has 2 heterocycles. The lowest BCUT2D eigenvalue weighted by Gasteiger charge is -2.06. The number of fused-ring (bicyclic) bond motifs is 1. The molecular formula is C14H15FN4S. The monoisotopic (exact) mass is 290 g/mol. The number of nitrogens with zero attached hydrogens (tertiary/aromatic N) is 3. The second-order valence-electron chi connectivity index (χ2n) is 4.74. The molecule has 20 heavy (non-hydrogen) atoms. The first kappa shape index (κ1) is 13.1. The third-order valence-corrected chi connectivity index (χ3v) is 3.71. The summed E-state index contributed by atoms with van der Waals surface area (Å²) >= 11 is 5.39. The van der Waals surface area contributed by atoms with E-state index in [0.29, 0.717) is 11.3 Å². The van der Waals surface area contributed by atoms with Crippen LogP contribution in [0.25, 0.3) is 11.2 Å². The van der Waals surface area contributed by atoms with Gasteiger partial charge in [-0.2, -0.15) is 5.10 Å². The summed E-state index contributed by atoms with van der Waals surface area (Å²) in [5, 5.41) is 4.48. The highest BCUT2D eigenvalue weighted by molar-refractivity contribution is 7.71. The number of hydrogen-bond donors (Lipinski definition) is 1. The smallest absolute Gasteiger partial charge is 0.179 e. The van der Waals surface area contributed by atoms with E-state index in [0.717, 1.165) is 29.0 Å². The summed E-state index contributed by atoms with van der Waals surface area (Å²) in [6.07, 6.45) is 0. The van der Waals surface area contributed by atoms with Crippen LogP contribution in [-0.2, 0) is 13.1 Å². The van der Waals surface area contributed by atoms with Crippen molar-refractivity contribution >= 4 is 23.4 Å². The van der Waals surface area contributed by atoms with Gasteiger partial charge in [0.05, 0.1) is 12.2 Å². The number of benzene rings is 1. The highest BCUT2D eigenvalue weighted by Crippen LogP contribution is 2.19. The number of aryl methyl sites for hydroxylation is 2. The number of nitrogens with one attached hydrogen (secondary N) is 1. The van der Waals surface area contributed by atoms with Crippen molar-refractivity contribution in [1.29, 1.82) is 0 Å². The molecule has 3 aromatic rings. The van der Waals surface area contributed by atoms with Gasteiger partial charge in [0.1, 0.15) is 11.3 Å². The fraction of sp³-hybridized carbons (Fsp3) is 0.286. The summed E-state index contributed by atoms with van der Waals surface area (Å²) in [5.41, 5.74) is 3.90. The molecular weight excluding hydrogens is 275 g/mol. The van der Waals surface area contributed by atoms with Gasteiger partial charge in [-0.1, -0.05) is 12.1 Å². The first-order valence-corrected chi connectivity index (χ1v) is 6.91. The van der Waals surface area contributed by atoms with E-state index in [-0.39, 0.29) is 5.82 Å². The molecule has 0 bridgehead atoms. The molecule has 0 aliphatic heterocycles. The molecule has 0 saturated carbocycles. The van der Waals surface area contributed by atoms with Crippen LogP contribution < -0.4 is 0 Å². The Bertz CT molecular complexity index is 810. The maximum atomic E-state index is 13.0. The lowest BCUT2D eigenvalue weighted by Crippen LogP contribution is -2.06. The van der Waals surface area contributed by atoms with E-state index in [1.807, 2.05) is 23.1 Å². The van der Waals surface area contributed by atoms with Gasteiger partial charge in [0.15, 0.2) is 10.4 Å². The molecule has 2 aromatic heterocycles. The molecule has 4 nitrogen and oxygen atoms in total. The van der Waals surface area contributed by atoms with Crippen LogP contribution in [0.3, 0.4) is 0 Å². The normalized spacial score (nSPS) is 11.3. The minimum absolute atomic E-state index is 0.231. The van der Waals surface area contributed by atoms with Gasteiger partial charge in [-0.3, -0.25) is 4.57 Å². The third kappa shape index (κ3) is 2.06. The van der Waals surface area contributed by atoms with Crippen LogP contribution in [0.15, 0.2) is 24.3 Å². The van der Waals surface area contributed by atoms with Crippen LogP contribution in [0, 0.1) is 17.5 Å². The maximum absolute atomic E-state index is 13.0. The van der Waals surface area contributed by atoms with Crippen molar-refractivity contribution in [2.45, 2.75) is 26.9 Å². The zero-order chi connectivity index (χ0) is 14.3. The van der Waals surface area contributed by atoms with Crippen molar-refractivity contribution in [2.75, 3.05) is 0 Å². The van der Waals surface area contributed by atoms with Gasteiger partial charge >= 0.3 is 0 Å². The molecule has 0 unspecified atom stereocenters. The predicted molar refractivity (Wildman–Crippen MR) is 78.8 cm³/mol. The predicted octanol–water partition coefficient (Wildman–Crippen LogP) is 3.41. The lowest BCUT2D eigenvalue weighted by atomic mass is 10.2. The molecule has 0 radical (unpaired) electrons.